The standard InChI is InChI=1S/C17H25NO/c1-13-16-8-5-9-17(13,10-11-18(16)2)14-6-4-7-15(12-14)19-3/h4,6-7,12-13,16H,5,8-11H2,1-3H3/t13-,16?,17?/m1/s1. The molecule has 104 valence electrons. The number of piperidine rings is 1. The van der Waals surface area contributed by atoms with Crippen molar-refractivity contribution >= 4 is 0 Å². The minimum atomic E-state index is 0.379. The average molecular weight is 259 g/mol. The Balaban J connectivity index is 2.00. The van der Waals surface area contributed by atoms with Crippen LogP contribution in [0, 0.1) is 5.92 Å². The predicted molar refractivity (Wildman–Crippen MR) is 78.7 cm³/mol. The van der Waals surface area contributed by atoms with Crippen LogP contribution in [0.4, 0.5) is 0 Å². The van der Waals surface area contributed by atoms with Crippen molar-refractivity contribution in [3.8, 4) is 5.75 Å². The summed E-state index contributed by atoms with van der Waals surface area (Å²) >= 11 is 0. The number of fused-ring (bicyclic) bond motifs is 2. The first-order valence-corrected chi connectivity index (χ1v) is 7.52. The lowest BCUT2D eigenvalue weighted by Gasteiger charge is -2.55. The summed E-state index contributed by atoms with van der Waals surface area (Å²) < 4.78 is 5.43. The Labute approximate surface area is 116 Å². The Morgan fingerprint density at radius 3 is 2.95 bits per heavy atom. The van der Waals surface area contributed by atoms with E-state index in [9.17, 15) is 0 Å². The Morgan fingerprint density at radius 2 is 2.16 bits per heavy atom. The number of ether oxygens (including phenoxy) is 1. The van der Waals surface area contributed by atoms with Gasteiger partial charge in [0.25, 0.3) is 0 Å². The monoisotopic (exact) mass is 259 g/mol. The van der Waals surface area contributed by atoms with E-state index in [1.807, 2.05) is 0 Å². The zero-order chi connectivity index (χ0) is 13.5. The number of methoxy groups -OCH3 is 1. The molecule has 1 saturated carbocycles. The highest BCUT2D eigenvalue weighted by molar-refractivity contribution is 5.36. The molecule has 3 rings (SSSR count). The Hall–Kier alpha value is -1.02. The lowest BCUT2D eigenvalue weighted by molar-refractivity contribution is 0.0126. The Kier molecular flexibility index (Phi) is 3.30. The lowest BCUT2D eigenvalue weighted by atomic mass is 9.57. The molecule has 19 heavy (non-hydrogen) atoms. The molecule has 2 bridgehead atoms. The molecule has 0 spiro atoms. The number of rotatable bonds is 2. The third kappa shape index (κ3) is 1.97. The lowest BCUT2D eigenvalue weighted by Crippen LogP contribution is -2.56. The van der Waals surface area contributed by atoms with Gasteiger partial charge >= 0.3 is 0 Å². The fraction of sp³-hybridized carbons (Fsp3) is 0.647. The molecule has 2 fully saturated rings. The smallest absolute Gasteiger partial charge is 0.119 e. The fourth-order valence-corrected chi connectivity index (χ4v) is 4.45. The topological polar surface area (TPSA) is 12.5 Å². The van der Waals surface area contributed by atoms with E-state index in [1.165, 1.54) is 37.8 Å². The van der Waals surface area contributed by atoms with E-state index in [0.29, 0.717) is 5.41 Å². The first kappa shape index (κ1) is 13.0. The minimum absolute atomic E-state index is 0.379. The molecule has 1 aromatic rings. The number of benzene rings is 1. The molecule has 1 aromatic carbocycles. The highest BCUT2D eigenvalue weighted by Gasteiger charge is 2.48. The summed E-state index contributed by atoms with van der Waals surface area (Å²) in [5, 5.41) is 0. The average Bonchev–Trinajstić information content (AvgIpc) is 2.44. The summed E-state index contributed by atoms with van der Waals surface area (Å²) in [7, 11) is 4.06. The zero-order valence-corrected chi connectivity index (χ0v) is 12.4. The molecule has 2 unspecified atom stereocenters. The van der Waals surface area contributed by atoms with Gasteiger partial charge in [0.05, 0.1) is 7.11 Å². The molecule has 1 aliphatic heterocycles. The van der Waals surface area contributed by atoms with Crippen LogP contribution >= 0.6 is 0 Å². The van der Waals surface area contributed by atoms with Gasteiger partial charge in [0.2, 0.25) is 0 Å². The van der Waals surface area contributed by atoms with Gasteiger partial charge in [-0.15, -0.1) is 0 Å². The van der Waals surface area contributed by atoms with Crippen LogP contribution in [0.5, 0.6) is 5.75 Å². The molecule has 0 radical (unpaired) electrons. The van der Waals surface area contributed by atoms with Crippen molar-refractivity contribution in [2.24, 2.45) is 5.92 Å². The molecule has 2 heteroatoms. The van der Waals surface area contributed by atoms with Gasteiger partial charge in [0.1, 0.15) is 5.75 Å². The van der Waals surface area contributed by atoms with E-state index >= 15 is 0 Å². The van der Waals surface area contributed by atoms with Crippen LogP contribution < -0.4 is 4.74 Å². The molecule has 0 aromatic heterocycles. The van der Waals surface area contributed by atoms with Gasteiger partial charge in [-0.2, -0.15) is 0 Å². The number of likely N-dealkylation sites (tertiary alicyclic amines) is 1. The molecule has 0 N–H and O–H groups in total. The summed E-state index contributed by atoms with van der Waals surface area (Å²) in [6.07, 6.45) is 5.35. The maximum atomic E-state index is 5.43. The SMILES string of the molecule is COc1cccc(C23CCCC([C@H]2C)N(C)CC3)c1. The molecule has 2 nitrogen and oxygen atoms in total. The molecule has 0 amide bonds. The van der Waals surface area contributed by atoms with E-state index in [1.54, 1.807) is 7.11 Å². The van der Waals surface area contributed by atoms with Gasteiger partial charge in [0.15, 0.2) is 0 Å². The highest BCUT2D eigenvalue weighted by Crippen LogP contribution is 2.50. The molecule has 3 atom stereocenters. The highest BCUT2D eigenvalue weighted by atomic mass is 16.5. The van der Waals surface area contributed by atoms with Gasteiger partial charge in [0, 0.05) is 11.5 Å². The first-order valence-electron chi connectivity index (χ1n) is 7.52. The molecular formula is C17H25NO. The maximum Gasteiger partial charge on any atom is 0.119 e. The number of hydrogen-bond acceptors (Lipinski definition) is 2. The van der Waals surface area contributed by atoms with Gasteiger partial charge in [-0.25, -0.2) is 0 Å². The fourth-order valence-electron chi connectivity index (χ4n) is 4.45. The third-order valence-corrected chi connectivity index (χ3v) is 5.69. The molecule has 1 aliphatic carbocycles. The quantitative estimate of drug-likeness (QED) is 0.806. The second kappa shape index (κ2) is 4.82. The Morgan fingerprint density at radius 1 is 1.32 bits per heavy atom. The Bertz CT molecular complexity index is 458. The van der Waals surface area contributed by atoms with Crippen molar-refractivity contribution in [1.29, 1.82) is 0 Å². The summed E-state index contributed by atoms with van der Waals surface area (Å²) in [6.45, 7) is 3.69. The van der Waals surface area contributed by atoms with Crippen LogP contribution in [-0.4, -0.2) is 31.6 Å². The molecule has 1 saturated heterocycles. The third-order valence-electron chi connectivity index (χ3n) is 5.69. The van der Waals surface area contributed by atoms with Crippen LogP contribution in [0.25, 0.3) is 0 Å². The molecule has 1 heterocycles. The maximum absolute atomic E-state index is 5.43. The van der Waals surface area contributed by atoms with Gasteiger partial charge in [-0.1, -0.05) is 25.5 Å². The van der Waals surface area contributed by atoms with Gasteiger partial charge in [-0.3, -0.25) is 0 Å². The normalized spacial score (nSPS) is 35.1. The van der Waals surface area contributed by atoms with Crippen molar-refractivity contribution < 1.29 is 4.74 Å². The second-order valence-electron chi connectivity index (χ2n) is 6.37. The summed E-state index contributed by atoms with van der Waals surface area (Å²) in [4.78, 5) is 2.57. The van der Waals surface area contributed by atoms with E-state index in [2.05, 4.69) is 43.1 Å². The van der Waals surface area contributed by atoms with E-state index in [-0.39, 0.29) is 0 Å². The first-order chi connectivity index (χ1) is 9.17. The summed E-state index contributed by atoms with van der Waals surface area (Å²) in [5.41, 5.74) is 1.88. The van der Waals surface area contributed by atoms with E-state index in [0.717, 1.165) is 17.7 Å². The number of nitrogens with zero attached hydrogens (tertiary/aromatic N) is 1. The number of hydrogen-bond donors (Lipinski definition) is 0. The van der Waals surface area contributed by atoms with Gasteiger partial charge < -0.3 is 9.64 Å². The van der Waals surface area contributed by atoms with Crippen LogP contribution in [0.2, 0.25) is 0 Å². The van der Waals surface area contributed by atoms with E-state index < -0.39 is 0 Å². The molecular weight excluding hydrogens is 234 g/mol. The van der Waals surface area contributed by atoms with Crippen LogP contribution in [0.1, 0.15) is 38.2 Å². The van der Waals surface area contributed by atoms with Crippen molar-refractivity contribution in [1.82, 2.24) is 4.90 Å². The van der Waals surface area contributed by atoms with Crippen molar-refractivity contribution in [3.05, 3.63) is 29.8 Å². The second-order valence-corrected chi connectivity index (χ2v) is 6.37. The van der Waals surface area contributed by atoms with Crippen molar-refractivity contribution in [3.63, 3.8) is 0 Å². The summed E-state index contributed by atoms with van der Waals surface area (Å²) in [6, 6.07) is 9.54. The largest absolute Gasteiger partial charge is 0.497 e. The van der Waals surface area contributed by atoms with E-state index in [4.69, 9.17) is 4.74 Å². The van der Waals surface area contributed by atoms with Crippen molar-refractivity contribution in [2.75, 3.05) is 20.7 Å². The molecule has 2 aliphatic rings. The van der Waals surface area contributed by atoms with Crippen LogP contribution in [0.3, 0.4) is 0 Å². The predicted octanol–water partition coefficient (Wildman–Crippen LogP) is 3.46. The summed E-state index contributed by atoms with van der Waals surface area (Å²) in [5.74, 6) is 1.74. The minimum Gasteiger partial charge on any atom is -0.497 e. The van der Waals surface area contributed by atoms with Crippen LogP contribution in [0.15, 0.2) is 24.3 Å². The van der Waals surface area contributed by atoms with Crippen molar-refractivity contribution in [2.45, 2.75) is 44.1 Å². The van der Waals surface area contributed by atoms with Gasteiger partial charge in [-0.05, 0) is 56.5 Å². The van der Waals surface area contributed by atoms with Crippen LogP contribution in [-0.2, 0) is 5.41 Å². The zero-order valence-electron chi connectivity index (χ0n) is 12.4.